The van der Waals surface area contributed by atoms with E-state index in [9.17, 15) is 26.4 Å². The number of aromatic amines is 1. The highest BCUT2D eigenvalue weighted by Crippen LogP contribution is 2.39. The zero-order chi connectivity index (χ0) is 25.4. The number of anilines is 2. The van der Waals surface area contributed by atoms with Crippen LogP contribution in [-0.4, -0.2) is 32.7 Å². The van der Waals surface area contributed by atoms with Gasteiger partial charge in [-0.15, -0.1) is 0 Å². The van der Waals surface area contributed by atoms with Crippen LogP contribution in [0.4, 0.5) is 24.5 Å². The van der Waals surface area contributed by atoms with Gasteiger partial charge < -0.3 is 15.0 Å². The number of rotatable bonds is 6. The van der Waals surface area contributed by atoms with E-state index >= 15 is 0 Å². The number of nitrogens with one attached hydrogen (secondary N) is 3. The lowest BCUT2D eigenvalue weighted by Crippen LogP contribution is -2.12. The predicted octanol–water partition coefficient (Wildman–Crippen LogP) is 5.49. The largest absolute Gasteiger partial charge is 0.497 e. The Balaban J connectivity index is 1.61. The molecule has 3 aromatic carbocycles. The lowest BCUT2D eigenvalue weighted by atomic mass is 9.98. The van der Waals surface area contributed by atoms with Crippen molar-refractivity contribution in [2.24, 2.45) is 0 Å². The first-order valence-corrected chi connectivity index (χ1v) is 12.1. The summed E-state index contributed by atoms with van der Waals surface area (Å²) < 4.78 is 71.1. The number of carbonyl (C=O) groups excluding carboxylic acids is 1. The topological polar surface area (TPSA) is 100 Å². The average molecular weight is 504 g/mol. The van der Waals surface area contributed by atoms with Crippen LogP contribution in [-0.2, 0) is 16.2 Å². The van der Waals surface area contributed by atoms with Crippen molar-refractivity contribution in [3.8, 4) is 16.9 Å². The van der Waals surface area contributed by atoms with E-state index in [1.165, 1.54) is 31.4 Å². The number of fused-ring (bicyclic) bond motifs is 1. The molecule has 7 nitrogen and oxygen atoms in total. The van der Waals surface area contributed by atoms with Crippen molar-refractivity contribution in [2.45, 2.75) is 6.18 Å². The number of alkyl halides is 3. The lowest BCUT2D eigenvalue weighted by molar-refractivity contribution is -0.137. The normalized spacial score (nSPS) is 11.9. The summed E-state index contributed by atoms with van der Waals surface area (Å²) in [5.74, 6) is -0.430. The van der Waals surface area contributed by atoms with Crippen molar-refractivity contribution in [2.75, 3.05) is 23.4 Å². The number of H-pyrrole nitrogens is 1. The molecule has 0 saturated carbocycles. The smallest absolute Gasteiger partial charge is 0.417 e. The van der Waals surface area contributed by atoms with E-state index < -0.39 is 27.7 Å². The highest BCUT2D eigenvalue weighted by atomic mass is 32.2. The molecule has 11 heteroatoms. The molecular weight excluding hydrogens is 483 g/mol. The van der Waals surface area contributed by atoms with Crippen LogP contribution >= 0.6 is 0 Å². The Morgan fingerprint density at radius 2 is 1.74 bits per heavy atom. The van der Waals surface area contributed by atoms with Crippen LogP contribution < -0.4 is 14.8 Å². The van der Waals surface area contributed by atoms with E-state index in [1.807, 2.05) is 0 Å². The van der Waals surface area contributed by atoms with E-state index in [1.54, 1.807) is 36.4 Å². The van der Waals surface area contributed by atoms with Crippen LogP contribution in [0.2, 0.25) is 0 Å². The van der Waals surface area contributed by atoms with Gasteiger partial charge in [-0.05, 0) is 53.6 Å². The first-order chi connectivity index (χ1) is 16.4. The molecule has 1 heterocycles. The van der Waals surface area contributed by atoms with Gasteiger partial charge in [0, 0.05) is 16.6 Å². The second-order valence-corrected chi connectivity index (χ2v) is 9.55. The van der Waals surface area contributed by atoms with Crippen molar-refractivity contribution < 1.29 is 31.1 Å². The lowest BCUT2D eigenvalue weighted by Gasteiger charge is -2.15. The molecular formula is C24H20F3N3O4S. The van der Waals surface area contributed by atoms with Gasteiger partial charge in [0.15, 0.2) is 0 Å². The number of amides is 1. The molecule has 4 rings (SSSR count). The molecule has 4 aromatic rings. The first kappa shape index (κ1) is 24.1. The number of benzene rings is 3. The molecule has 0 aliphatic carbocycles. The molecule has 3 N–H and O–H groups in total. The SMILES string of the molecule is COc1ccc(-c2cccc(NC(=O)c3cc4ccc(NS(C)(=O)=O)cc4[nH]3)c2)c(C(F)(F)F)c1. The Bertz CT molecular complexity index is 1530. The van der Waals surface area contributed by atoms with Crippen molar-refractivity contribution in [1.82, 2.24) is 4.98 Å². The molecule has 1 aromatic heterocycles. The maximum atomic E-state index is 13.6. The zero-order valence-corrected chi connectivity index (χ0v) is 19.3. The van der Waals surface area contributed by atoms with Crippen molar-refractivity contribution in [1.29, 1.82) is 0 Å². The molecule has 0 aliphatic heterocycles. The molecule has 182 valence electrons. The number of methoxy groups -OCH3 is 1. The van der Waals surface area contributed by atoms with Gasteiger partial charge in [0.2, 0.25) is 10.0 Å². The van der Waals surface area contributed by atoms with Gasteiger partial charge in [-0.25, -0.2) is 8.42 Å². The van der Waals surface area contributed by atoms with Crippen LogP contribution in [0.5, 0.6) is 5.75 Å². The van der Waals surface area contributed by atoms with Gasteiger partial charge in [0.05, 0.1) is 24.6 Å². The third-order valence-electron chi connectivity index (χ3n) is 5.13. The van der Waals surface area contributed by atoms with E-state index in [2.05, 4.69) is 15.0 Å². The summed E-state index contributed by atoms with van der Waals surface area (Å²) in [6.07, 6.45) is -3.57. The summed E-state index contributed by atoms with van der Waals surface area (Å²) in [6.45, 7) is 0. The maximum Gasteiger partial charge on any atom is 0.417 e. The average Bonchev–Trinajstić information content (AvgIpc) is 3.21. The minimum absolute atomic E-state index is 0.0501. The third kappa shape index (κ3) is 5.57. The highest BCUT2D eigenvalue weighted by molar-refractivity contribution is 7.92. The van der Waals surface area contributed by atoms with E-state index in [0.717, 1.165) is 12.3 Å². The summed E-state index contributed by atoms with van der Waals surface area (Å²) in [5, 5.41) is 3.35. The van der Waals surface area contributed by atoms with Gasteiger partial charge in [-0.2, -0.15) is 13.2 Å². The summed E-state index contributed by atoms with van der Waals surface area (Å²) in [5.41, 5.74) is 0.732. The molecule has 0 fully saturated rings. The van der Waals surface area contributed by atoms with E-state index in [4.69, 9.17) is 4.74 Å². The molecule has 35 heavy (non-hydrogen) atoms. The molecule has 0 aliphatic rings. The summed E-state index contributed by atoms with van der Waals surface area (Å²) in [6, 6.07) is 16.1. The molecule has 0 unspecified atom stereocenters. The van der Waals surface area contributed by atoms with Crippen LogP contribution in [0.25, 0.3) is 22.0 Å². The quantitative estimate of drug-likeness (QED) is 0.324. The second-order valence-electron chi connectivity index (χ2n) is 7.80. The predicted molar refractivity (Wildman–Crippen MR) is 128 cm³/mol. The number of halogens is 3. The van der Waals surface area contributed by atoms with Gasteiger partial charge in [0.25, 0.3) is 5.91 Å². The van der Waals surface area contributed by atoms with Gasteiger partial charge in [-0.3, -0.25) is 9.52 Å². The Kier molecular flexibility index (Phi) is 6.20. The summed E-state index contributed by atoms with van der Waals surface area (Å²) >= 11 is 0. The van der Waals surface area contributed by atoms with E-state index in [0.29, 0.717) is 22.3 Å². The number of carbonyl (C=O) groups is 1. The van der Waals surface area contributed by atoms with Crippen LogP contribution in [0.15, 0.2) is 66.7 Å². The Morgan fingerprint density at radius 3 is 2.43 bits per heavy atom. The zero-order valence-electron chi connectivity index (χ0n) is 18.5. The molecule has 0 radical (unpaired) electrons. The van der Waals surface area contributed by atoms with Crippen molar-refractivity contribution in [3.63, 3.8) is 0 Å². The van der Waals surface area contributed by atoms with Gasteiger partial charge in [-0.1, -0.05) is 24.3 Å². The summed E-state index contributed by atoms with van der Waals surface area (Å²) in [7, 11) is -2.17. The van der Waals surface area contributed by atoms with Crippen LogP contribution in [0, 0.1) is 0 Å². The first-order valence-electron chi connectivity index (χ1n) is 10.2. The molecule has 0 saturated heterocycles. The van der Waals surface area contributed by atoms with Crippen LogP contribution in [0.3, 0.4) is 0 Å². The fourth-order valence-electron chi connectivity index (χ4n) is 3.63. The van der Waals surface area contributed by atoms with Crippen molar-refractivity contribution >= 4 is 38.2 Å². The third-order valence-corrected chi connectivity index (χ3v) is 5.74. The number of ether oxygens (including phenoxy) is 1. The number of aromatic nitrogens is 1. The standard InChI is InChI=1S/C24H20F3N3O4S/c1-34-18-8-9-19(20(13-18)24(25,26)27)14-4-3-5-16(10-14)28-23(31)22-11-15-6-7-17(12-21(15)29-22)30-35(2,32)33/h3-13,29-30H,1-2H3,(H,28,31). The molecule has 0 spiro atoms. The number of sulfonamides is 1. The Morgan fingerprint density at radius 1 is 0.971 bits per heavy atom. The maximum absolute atomic E-state index is 13.6. The van der Waals surface area contributed by atoms with E-state index in [-0.39, 0.29) is 22.6 Å². The Hall–Kier alpha value is -3.99. The second kappa shape index (κ2) is 8.99. The van der Waals surface area contributed by atoms with Gasteiger partial charge >= 0.3 is 6.18 Å². The molecule has 0 atom stereocenters. The number of hydrogen-bond donors (Lipinski definition) is 3. The fraction of sp³-hybridized carbons (Fsp3) is 0.125. The minimum atomic E-state index is -4.60. The highest BCUT2D eigenvalue weighted by Gasteiger charge is 2.34. The molecule has 1 amide bonds. The van der Waals surface area contributed by atoms with Gasteiger partial charge in [0.1, 0.15) is 11.4 Å². The summed E-state index contributed by atoms with van der Waals surface area (Å²) in [4.78, 5) is 15.7. The fourth-order valence-corrected chi connectivity index (χ4v) is 4.18. The monoisotopic (exact) mass is 503 g/mol. The van der Waals surface area contributed by atoms with Crippen molar-refractivity contribution in [3.05, 3.63) is 78.0 Å². The van der Waals surface area contributed by atoms with Crippen LogP contribution in [0.1, 0.15) is 16.1 Å². The number of hydrogen-bond acceptors (Lipinski definition) is 4. The Labute approximate surface area is 199 Å². The minimum Gasteiger partial charge on any atom is -0.497 e. The molecule has 0 bridgehead atoms.